The van der Waals surface area contributed by atoms with Crippen molar-refractivity contribution in [2.24, 2.45) is 0 Å². The summed E-state index contributed by atoms with van der Waals surface area (Å²) in [4.78, 5) is 0. The molecule has 8 heteroatoms. The van der Waals surface area contributed by atoms with Gasteiger partial charge in [-0.15, -0.1) is 5.10 Å². The van der Waals surface area contributed by atoms with Gasteiger partial charge in [0.1, 0.15) is 18.1 Å². The van der Waals surface area contributed by atoms with Crippen LogP contribution in [0, 0.1) is 0 Å². The van der Waals surface area contributed by atoms with Crippen LogP contribution in [-0.4, -0.2) is 40.8 Å². The van der Waals surface area contributed by atoms with Crippen molar-refractivity contribution in [3.63, 3.8) is 0 Å². The molecule has 7 nitrogen and oxygen atoms in total. The van der Waals surface area contributed by atoms with Crippen LogP contribution in [0.4, 0.5) is 0 Å². The summed E-state index contributed by atoms with van der Waals surface area (Å²) >= 11 is 0. The standard InChI is InChI=1S/C19H20N4O3S/c24-27(25,15-16-7-3-1-4-8-16)22-12-18(13-22)23-11-17(20-21-23)14-26-19-9-5-2-6-10-19/h1-11,18H,12-15H2. The molecule has 0 spiro atoms. The molecule has 1 aromatic heterocycles. The van der Waals surface area contributed by atoms with Gasteiger partial charge < -0.3 is 4.74 Å². The molecule has 140 valence electrons. The molecule has 1 fully saturated rings. The monoisotopic (exact) mass is 384 g/mol. The van der Waals surface area contributed by atoms with Crippen molar-refractivity contribution in [2.75, 3.05) is 13.1 Å². The van der Waals surface area contributed by atoms with Gasteiger partial charge in [0.2, 0.25) is 10.0 Å². The summed E-state index contributed by atoms with van der Waals surface area (Å²) in [6, 6.07) is 18.7. The van der Waals surface area contributed by atoms with Crippen LogP contribution in [0.1, 0.15) is 17.3 Å². The minimum atomic E-state index is -3.31. The molecule has 0 aliphatic carbocycles. The van der Waals surface area contributed by atoms with Gasteiger partial charge >= 0.3 is 0 Å². The Labute approximate surface area is 158 Å². The van der Waals surface area contributed by atoms with E-state index in [0.29, 0.717) is 25.4 Å². The third kappa shape index (κ3) is 4.17. The first-order valence-corrected chi connectivity index (χ1v) is 10.3. The van der Waals surface area contributed by atoms with Crippen LogP contribution in [0.3, 0.4) is 0 Å². The average molecular weight is 384 g/mol. The van der Waals surface area contributed by atoms with Crippen molar-refractivity contribution in [1.82, 2.24) is 19.3 Å². The number of rotatable bonds is 7. The number of ether oxygens (including phenoxy) is 1. The molecule has 1 aliphatic heterocycles. The Morgan fingerprint density at radius 3 is 2.37 bits per heavy atom. The van der Waals surface area contributed by atoms with Crippen LogP contribution in [0.5, 0.6) is 5.75 Å². The van der Waals surface area contributed by atoms with Gasteiger partial charge in [-0.3, -0.25) is 0 Å². The van der Waals surface area contributed by atoms with Crippen LogP contribution in [0.25, 0.3) is 0 Å². The number of sulfonamides is 1. The number of aromatic nitrogens is 3. The smallest absolute Gasteiger partial charge is 0.218 e. The minimum absolute atomic E-state index is 0.00789. The van der Waals surface area contributed by atoms with E-state index in [9.17, 15) is 8.42 Å². The molecule has 27 heavy (non-hydrogen) atoms. The molecule has 0 bridgehead atoms. The molecule has 0 atom stereocenters. The molecule has 0 amide bonds. The van der Waals surface area contributed by atoms with Gasteiger partial charge in [0.25, 0.3) is 0 Å². The fraction of sp³-hybridized carbons (Fsp3) is 0.263. The second-order valence-electron chi connectivity index (χ2n) is 6.50. The van der Waals surface area contributed by atoms with Crippen molar-refractivity contribution in [2.45, 2.75) is 18.4 Å². The van der Waals surface area contributed by atoms with Crippen molar-refractivity contribution in [3.05, 3.63) is 78.1 Å². The predicted octanol–water partition coefficient (Wildman–Crippen LogP) is 2.24. The van der Waals surface area contributed by atoms with Crippen molar-refractivity contribution in [3.8, 4) is 5.75 Å². The number of nitrogens with zero attached hydrogens (tertiary/aromatic N) is 4. The SMILES string of the molecule is O=S(=O)(Cc1ccccc1)N1CC(n2cc(COc3ccccc3)nn2)C1. The molecule has 0 saturated carbocycles. The Kier molecular flexibility index (Phi) is 4.91. The van der Waals surface area contributed by atoms with Crippen LogP contribution < -0.4 is 4.74 Å². The maximum Gasteiger partial charge on any atom is 0.218 e. The fourth-order valence-corrected chi connectivity index (χ4v) is 4.51. The van der Waals surface area contributed by atoms with E-state index in [1.165, 1.54) is 4.31 Å². The van der Waals surface area contributed by atoms with E-state index in [-0.39, 0.29) is 11.8 Å². The van der Waals surface area contributed by atoms with E-state index in [0.717, 1.165) is 11.3 Å². The molecule has 3 aromatic rings. The van der Waals surface area contributed by atoms with Gasteiger partial charge in [0.05, 0.1) is 18.0 Å². The van der Waals surface area contributed by atoms with E-state index in [4.69, 9.17) is 4.74 Å². The molecule has 1 aliphatic rings. The summed E-state index contributed by atoms with van der Waals surface area (Å²) < 4.78 is 33.8. The van der Waals surface area contributed by atoms with Gasteiger partial charge in [-0.1, -0.05) is 53.7 Å². The number of hydrogen-bond acceptors (Lipinski definition) is 5. The van der Waals surface area contributed by atoms with Crippen LogP contribution in [-0.2, 0) is 22.4 Å². The van der Waals surface area contributed by atoms with Crippen molar-refractivity contribution >= 4 is 10.0 Å². The Hall–Kier alpha value is -2.71. The van der Waals surface area contributed by atoms with Crippen molar-refractivity contribution < 1.29 is 13.2 Å². The molecular formula is C19H20N4O3S. The molecule has 4 rings (SSSR count). The quantitative estimate of drug-likeness (QED) is 0.624. The maximum atomic E-state index is 12.5. The van der Waals surface area contributed by atoms with Crippen LogP contribution in [0.15, 0.2) is 66.9 Å². The first kappa shape index (κ1) is 17.7. The summed E-state index contributed by atoms with van der Waals surface area (Å²) in [7, 11) is -3.31. The lowest BCUT2D eigenvalue weighted by atomic mass is 10.2. The van der Waals surface area contributed by atoms with Gasteiger partial charge in [-0.25, -0.2) is 13.1 Å². The number of hydrogen-bond donors (Lipinski definition) is 0. The van der Waals surface area contributed by atoms with E-state index in [1.54, 1.807) is 4.68 Å². The lowest BCUT2D eigenvalue weighted by molar-refractivity contribution is 0.188. The Morgan fingerprint density at radius 2 is 1.67 bits per heavy atom. The lowest BCUT2D eigenvalue weighted by Crippen LogP contribution is -2.51. The van der Waals surface area contributed by atoms with E-state index in [1.807, 2.05) is 66.9 Å². The lowest BCUT2D eigenvalue weighted by Gasteiger charge is -2.37. The minimum Gasteiger partial charge on any atom is -0.487 e. The van der Waals surface area contributed by atoms with Gasteiger partial charge in [-0.2, -0.15) is 4.31 Å². The molecule has 0 unspecified atom stereocenters. The van der Waals surface area contributed by atoms with Gasteiger partial charge in [0, 0.05) is 13.1 Å². The Morgan fingerprint density at radius 1 is 1.00 bits per heavy atom. The first-order valence-electron chi connectivity index (χ1n) is 8.70. The number of benzene rings is 2. The number of para-hydroxylation sites is 1. The molecule has 1 saturated heterocycles. The second kappa shape index (κ2) is 7.50. The maximum absolute atomic E-state index is 12.5. The summed E-state index contributed by atoms with van der Waals surface area (Å²) in [6.45, 7) is 1.15. The highest BCUT2D eigenvalue weighted by Crippen LogP contribution is 2.25. The van der Waals surface area contributed by atoms with Gasteiger partial charge in [-0.05, 0) is 17.7 Å². The average Bonchev–Trinajstić information content (AvgIpc) is 3.08. The third-order valence-corrected chi connectivity index (χ3v) is 6.26. The van der Waals surface area contributed by atoms with Crippen LogP contribution in [0.2, 0.25) is 0 Å². The van der Waals surface area contributed by atoms with E-state index >= 15 is 0 Å². The molecular weight excluding hydrogens is 364 g/mol. The first-order chi connectivity index (χ1) is 13.1. The summed E-state index contributed by atoms with van der Waals surface area (Å²) in [5, 5.41) is 8.23. The van der Waals surface area contributed by atoms with Crippen molar-refractivity contribution in [1.29, 1.82) is 0 Å². The van der Waals surface area contributed by atoms with Gasteiger partial charge in [0.15, 0.2) is 0 Å². The highest BCUT2D eigenvalue weighted by atomic mass is 32.2. The zero-order chi connectivity index (χ0) is 18.7. The largest absolute Gasteiger partial charge is 0.487 e. The molecule has 2 heterocycles. The summed E-state index contributed by atoms with van der Waals surface area (Å²) in [5.74, 6) is 0.794. The molecule has 0 radical (unpaired) electrons. The summed E-state index contributed by atoms with van der Waals surface area (Å²) in [5.41, 5.74) is 1.51. The highest BCUT2D eigenvalue weighted by Gasteiger charge is 2.37. The normalized spacial score (nSPS) is 15.4. The topological polar surface area (TPSA) is 77.3 Å². The highest BCUT2D eigenvalue weighted by molar-refractivity contribution is 7.88. The van der Waals surface area contributed by atoms with Crippen LogP contribution >= 0.6 is 0 Å². The Bertz CT molecular complexity index is 984. The van der Waals surface area contributed by atoms with E-state index < -0.39 is 10.0 Å². The second-order valence-corrected chi connectivity index (χ2v) is 8.47. The third-order valence-electron chi connectivity index (χ3n) is 4.48. The summed E-state index contributed by atoms with van der Waals surface area (Å²) in [6.07, 6.45) is 1.81. The fourth-order valence-electron chi connectivity index (χ4n) is 2.92. The molecule has 2 aromatic carbocycles. The Balaban J connectivity index is 1.31. The predicted molar refractivity (Wildman–Crippen MR) is 100 cm³/mol. The zero-order valence-electron chi connectivity index (χ0n) is 14.7. The van der Waals surface area contributed by atoms with E-state index in [2.05, 4.69) is 10.3 Å². The molecule has 0 N–H and O–H groups in total. The zero-order valence-corrected chi connectivity index (χ0v) is 15.5.